The van der Waals surface area contributed by atoms with E-state index >= 15 is 0 Å². The van der Waals surface area contributed by atoms with Crippen molar-refractivity contribution >= 4 is 41.7 Å². The number of rotatable bonds is 11. The van der Waals surface area contributed by atoms with E-state index in [2.05, 4.69) is 15.1 Å². The fraction of sp³-hybridized carbons (Fsp3) is 0.444. The third kappa shape index (κ3) is 7.91. The fourth-order valence-corrected chi connectivity index (χ4v) is 6.81. The van der Waals surface area contributed by atoms with Crippen LogP contribution < -0.4 is 16.8 Å². The van der Waals surface area contributed by atoms with E-state index in [0.717, 1.165) is 35.2 Å². The van der Waals surface area contributed by atoms with Gasteiger partial charge in [-0.05, 0) is 66.3 Å². The zero-order valence-electron chi connectivity index (χ0n) is 29.6. The summed E-state index contributed by atoms with van der Waals surface area (Å²) in [5.41, 5.74) is 9.70. The van der Waals surface area contributed by atoms with Crippen LogP contribution in [-0.2, 0) is 15.1 Å². The molecule has 2 saturated carbocycles. The van der Waals surface area contributed by atoms with E-state index in [4.69, 9.17) is 32.8 Å². The van der Waals surface area contributed by atoms with Crippen molar-refractivity contribution in [2.24, 2.45) is 31.9 Å². The number of nitrogens with zero attached hydrogens (tertiary/aromatic N) is 6. The van der Waals surface area contributed by atoms with Gasteiger partial charge in [0.1, 0.15) is 12.1 Å². The standard InChI is InChI=1S/C36H39ClF5N9O3/c1-33(2,3)18-35(23-7-4-20(5-8-23)22-15-46-50(16-22)24-9-10-24)29(52)51(31(44)48-35)27(17-54-32(53)49-34(12-13-34)36(40,41)42)21-6-11-26(37)25(14-21)28(45-19-43)47-30(38)39/h4-8,11,14-16,19,24,27,30H,9-10,12-13,17-18H2,1-3H3,(H2,44,48)(H,49,53)(H2,43,45,47). The lowest BCUT2D eigenvalue weighted by Crippen LogP contribution is -2.50. The number of carbonyl (C=O) groups is 2. The number of alkyl carbamates (subject to hydrolysis) is 1. The molecule has 18 heteroatoms. The monoisotopic (exact) mass is 775 g/mol. The fourth-order valence-electron chi connectivity index (χ4n) is 6.61. The van der Waals surface area contributed by atoms with E-state index in [1.165, 1.54) is 18.2 Å². The zero-order valence-corrected chi connectivity index (χ0v) is 30.3. The topological polar surface area (TPSA) is 166 Å². The lowest BCUT2D eigenvalue weighted by Gasteiger charge is -2.35. The number of hydrogen-bond donors (Lipinski definition) is 3. The molecule has 54 heavy (non-hydrogen) atoms. The largest absolute Gasteiger partial charge is 0.447 e. The van der Waals surface area contributed by atoms with Gasteiger partial charge < -0.3 is 21.5 Å². The Balaban J connectivity index is 1.39. The first kappa shape index (κ1) is 38.7. The minimum Gasteiger partial charge on any atom is -0.447 e. The lowest BCUT2D eigenvalue weighted by molar-refractivity contribution is -0.164. The van der Waals surface area contributed by atoms with E-state index in [1.54, 1.807) is 18.3 Å². The summed E-state index contributed by atoms with van der Waals surface area (Å²) in [7, 11) is 0. The molecule has 5 N–H and O–H groups in total. The number of aliphatic imine (C=N–C) groups is 3. The van der Waals surface area contributed by atoms with Crippen LogP contribution in [-0.4, -0.2) is 69.7 Å². The predicted molar refractivity (Wildman–Crippen MR) is 192 cm³/mol. The molecule has 3 aromatic rings. The highest BCUT2D eigenvalue weighted by molar-refractivity contribution is 6.34. The van der Waals surface area contributed by atoms with Gasteiger partial charge in [-0.15, -0.1) is 0 Å². The van der Waals surface area contributed by atoms with Gasteiger partial charge in [0.2, 0.25) is 0 Å². The van der Waals surface area contributed by atoms with Gasteiger partial charge in [-0.3, -0.25) is 14.4 Å². The molecule has 1 aliphatic heterocycles. The highest BCUT2D eigenvalue weighted by atomic mass is 35.5. The Morgan fingerprint density at radius 1 is 1.13 bits per heavy atom. The summed E-state index contributed by atoms with van der Waals surface area (Å²) in [6.45, 7) is 1.84. The second-order valence-electron chi connectivity index (χ2n) is 14.8. The summed E-state index contributed by atoms with van der Waals surface area (Å²) in [5.74, 6) is -1.44. The Bertz CT molecular complexity index is 2000. The Hall–Kier alpha value is -5.06. The summed E-state index contributed by atoms with van der Waals surface area (Å²) >= 11 is 6.38. The maximum atomic E-state index is 14.9. The second-order valence-corrected chi connectivity index (χ2v) is 15.2. The summed E-state index contributed by atoms with van der Waals surface area (Å²) < 4.78 is 75.1. The molecule has 288 valence electrons. The van der Waals surface area contributed by atoms with Crippen LogP contribution in [0.5, 0.6) is 0 Å². The molecule has 0 bridgehead atoms. The van der Waals surface area contributed by atoms with Gasteiger partial charge in [0, 0.05) is 17.3 Å². The van der Waals surface area contributed by atoms with E-state index < -0.39 is 59.7 Å². The van der Waals surface area contributed by atoms with E-state index in [9.17, 15) is 31.5 Å². The quantitative estimate of drug-likeness (QED) is 0.0835. The van der Waals surface area contributed by atoms with E-state index in [-0.39, 0.29) is 41.4 Å². The number of hydrogen-bond acceptors (Lipinski definition) is 7. The van der Waals surface area contributed by atoms with Crippen LogP contribution in [0.2, 0.25) is 5.02 Å². The predicted octanol–water partition coefficient (Wildman–Crippen LogP) is 6.85. The van der Waals surface area contributed by atoms with Crippen molar-refractivity contribution in [1.82, 2.24) is 20.0 Å². The number of amides is 2. The maximum Gasteiger partial charge on any atom is 0.411 e. The van der Waals surface area contributed by atoms with Crippen molar-refractivity contribution in [3.8, 4) is 11.1 Å². The number of ether oxygens (including phenoxy) is 1. The number of amidine groups is 1. The molecule has 6 rings (SSSR count). The molecule has 0 radical (unpaired) electrons. The molecule has 0 spiro atoms. The maximum absolute atomic E-state index is 14.9. The van der Waals surface area contributed by atoms with Crippen molar-refractivity contribution in [3.63, 3.8) is 0 Å². The van der Waals surface area contributed by atoms with Crippen molar-refractivity contribution in [2.75, 3.05) is 6.61 Å². The van der Waals surface area contributed by atoms with Gasteiger partial charge in [0.25, 0.3) is 5.91 Å². The Kier molecular flexibility index (Phi) is 10.2. The first-order chi connectivity index (χ1) is 25.4. The van der Waals surface area contributed by atoms with Crippen LogP contribution in [0.3, 0.4) is 0 Å². The minimum absolute atomic E-state index is 0.0683. The molecule has 2 heterocycles. The SMILES string of the molecule is CC(C)(C)CC1(c2ccc(-c3cnn(C4CC4)c3)cc2)N=C(N)N(C(COC(=O)NC2(C(F)(F)F)CC2)c2ccc(Cl)c(C(N=CN)=NC(F)F)c2)C1=O. The average molecular weight is 776 g/mol. The number of benzene rings is 2. The van der Waals surface area contributed by atoms with Crippen molar-refractivity contribution in [2.45, 2.75) is 88.8 Å². The third-order valence-corrected chi connectivity index (χ3v) is 9.81. The van der Waals surface area contributed by atoms with Gasteiger partial charge in [-0.25, -0.2) is 14.8 Å². The van der Waals surface area contributed by atoms with Gasteiger partial charge >= 0.3 is 18.8 Å². The molecule has 2 fully saturated rings. The van der Waals surface area contributed by atoms with Crippen LogP contribution in [0.25, 0.3) is 11.1 Å². The number of nitrogens with two attached hydrogens (primary N) is 2. The second kappa shape index (κ2) is 14.3. The molecule has 1 aromatic heterocycles. The first-order valence-corrected chi connectivity index (χ1v) is 17.5. The minimum atomic E-state index is -4.72. The first-order valence-electron chi connectivity index (χ1n) is 17.1. The third-order valence-electron chi connectivity index (χ3n) is 9.48. The summed E-state index contributed by atoms with van der Waals surface area (Å²) in [6.07, 6.45) is 0.0199. The van der Waals surface area contributed by atoms with E-state index in [1.807, 2.05) is 49.1 Å². The highest BCUT2D eigenvalue weighted by Gasteiger charge is 2.64. The zero-order chi connectivity index (χ0) is 39.2. The van der Waals surface area contributed by atoms with Crippen molar-refractivity contribution < 1.29 is 36.3 Å². The van der Waals surface area contributed by atoms with Gasteiger partial charge in [-0.2, -0.15) is 32.0 Å². The smallest absolute Gasteiger partial charge is 0.411 e. The number of nitrogens with one attached hydrogen (secondary N) is 1. The summed E-state index contributed by atoms with van der Waals surface area (Å²) in [6, 6.07) is 10.3. The lowest BCUT2D eigenvalue weighted by atomic mass is 9.75. The number of halogens is 6. The number of aromatic nitrogens is 2. The van der Waals surface area contributed by atoms with Crippen LogP contribution in [0, 0.1) is 5.41 Å². The molecular weight excluding hydrogens is 737 g/mol. The Morgan fingerprint density at radius 3 is 2.39 bits per heavy atom. The molecular formula is C36H39ClF5N9O3. The van der Waals surface area contributed by atoms with Gasteiger partial charge in [0.05, 0.1) is 29.6 Å². The molecule has 2 aromatic carbocycles. The molecule has 3 aliphatic rings. The van der Waals surface area contributed by atoms with Crippen molar-refractivity contribution in [3.05, 3.63) is 76.6 Å². The summed E-state index contributed by atoms with van der Waals surface area (Å²) in [4.78, 5) is 40.6. The van der Waals surface area contributed by atoms with Crippen LogP contribution in [0.1, 0.15) is 81.6 Å². The van der Waals surface area contributed by atoms with E-state index in [0.29, 0.717) is 11.6 Å². The highest BCUT2D eigenvalue weighted by Crippen LogP contribution is 2.49. The Labute approximate surface area is 312 Å². The van der Waals surface area contributed by atoms with Gasteiger partial charge in [0.15, 0.2) is 17.3 Å². The van der Waals surface area contributed by atoms with Crippen molar-refractivity contribution in [1.29, 1.82) is 0 Å². The summed E-state index contributed by atoms with van der Waals surface area (Å²) in [5, 5.41) is 6.29. The number of alkyl halides is 5. The van der Waals surface area contributed by atoms with Crippen LogP contribution in [0.15, 0.2) is 69.8 Å². The average Bonchev–Trinajstić information content (AvgIpc) is 4.02. The molecule has 2 atom stereocenters. The van der Waals surface area contributed by atoms with Crippen LogP contribution in [0.4, 0.5) is 26.7 Å². The Morgan fingerprint density at radius 2 is 1.81 bits per heavy atom. The van der Waals surface area contributed by atoms with Crippen LogP contribution >= 0.6 is 11.6 Å². The number of guanidine groups is 1. The molecule has 2 amide bonds. The molecule has 0 saturated heterocycles. The number of carbonyl (C=O) groups excluding carboxylic acids is 2. The van der Waals surface area contributed by atoms with Gasteiger partial charge in [-0.1, -0.05) is 62.7 Å². The molecule has 2 unspecified atom stereocenters. The molecule has 2 aliphatic carbocycles. The molecule has 12 nitrogen and oxygen atoms in total. The normalized spacial score (nSPS) is 20.8.